The molecule has 0 bridgehead atoms. The Balaban J connectivity index is 2.52. The highest BCUT2D eigenvalue weighted by Gasteiger charge is 2.44. The van der Waals surface area contributed by atoms with Gasteiger partial charge < -0.3 is 39.6 Å². The predicted molar refractivity (Wildman–Crippen MR) is 277 cm³/mol. The second-order valence-electron chi connectivity index (χ2n) is 20.4. The largest absolute Gasteiger partial charge is 0.462 e. The first-order chi connectivity index (χ1) is 33.2. The molecule has 0 saturated carbocycles. The zero-order chi connectivity index (χ0) is 49.6. The van der Waals surface area contributed by atoms with E-state index in [-0.39, 0.29) is 44.5 Å². The number of aliphatic hydroxyl groups excluding tert-OH is 3. The maximum absolute atomic E-state index is 13.0. The third-order valence-corrected chi connectivity index (χ3v) is 13.8. The fourth-order valence-electron chi connectivity index (χ4n) is 9.22. The number of ether oxygens (including phenoxy) is 4. The lowest BCUT2D eigenvalue weighted by Crippen LogP contribution is -2.60. The van der Waals surface area contributed by atoms with Gasteiger partial charge in [-0.2, -0.15) is 0 Å². The van der Waals surface area contributed by atoms with Crippen molar-refractivity contribution >= 4 is 17.8 Å². The standard InChI is InChI=1S/C57H109NO10/c1-4-7-10-13-16-19-22-25-28-31-34-37-40-43-51(59)58-46-50-54(62)55(63)56(64)57(68-50)66-48-49(67-53(61)45-42-39-36-33-30-27-24-21-18-15-12-9-6-3)47-65-52(60)44-41-38-35-32-29-26-23-20-17-14-11-8-5-2/h49-50,54-57,62-64H,4-48H2,1-3H3,(H,58,59). The Hall–Kier alpha value is -1.79. The molecule has 4 N–H and O–H groups in total. The van der Waals surface area contributed by atoms with Crippen LogP contribution in [-0.4, -0.2) is 89.7 Å². The Kier molecular flexibility index (Phi) is 44.9. The van der Waals surface area contributed by atoms with Crippen molar-refractivity contribution in [3.05, 3.63) is 0 Å². The van der Waals surface area contributed by atoms with Gasteiger partial charge in [0, 0.05) is 25.8 Å². The van der Waals surface area contributed by atoms with Crippen LogP contribution in [0.3, 0.4) is 0 Å². The lowest BCUT2D eigenvalue weighted by Gasteiger charge is -2.40. The summed E-state index contributed by atoms with van der Waals surface area (Å²) in [4.78, 5) is 38.5. The summed E-state index contributed by atoms with van der Waals surface area (Å²) < 4.78 is 23.1. The van der Waals surface area contributed by atoms with E-state index in [0.717, 1.165) is 57.8 Å². The third kappa shape index (κ3) is 38.0. The van der Waals surface area contributed by atoms with Crippen molar-refractivity contribution in [2.45, 2.75) is 327 Å². The van der Waals surface area contributed by atoms with Crippen molar-refractivity contribution in [1.82, 2.24) is 5.32 Å². The average molecular weight is 968 g/mol. The molecule has 6 unspecified atom stereocenters. The molecular formula is C57H109NO10. The number of nitrogens with one attached hydrogen (secondary N) is 1. The fourth-order valence-corrected chi connectivity index (χ4v) is 9.22. The Morgan fingerprint density at radius 2 is 0.765 bits per heavy atom. The lowest BCUT2D eigenvalue weighted by atomic mass is 9.98. The van der Waals surface area contributed by atoms with Gasteiger partial charge in [-0.05, 0) is 19.3 Å². The molecule has 1 saturated heterocycles. The monoisotopic (exact) mass is 968 g/mol. The van der Waals surface area contributed by atoms with Gasteiger partial charge in [-0.3, -0.25) is 14.4 Å². The van der Waals surface area contributed by atoms with Crippen LogP contribution >= 0.6 is 0 Å². The van der Waals surface area contributed by atoms with Gasteiger partial charge >= 0.3 is 11.9 Å². The van der Waals surface area contributed by atoms with E-state index in [0.29, 0.717) is 12.8 Å². The summed E-state index contributed by atoms with van der Waals surface area (Å²) in [5, 5.41) is 35.0. The molecular weight excluding hydrogens is 859 g/mol. The molecule has 68 heavy (non-hydrogen) atoms. The molecule has 1 heterocycles. The van der Waals surface area contributed by atoms with Gasteiger partial charge in [-0.1, -0.05) is 252 Å². The van der Waals surface area contributed by atoms with Gasteiger partial charge in [0.2, 0.25) is 5.91 Å². The second kappa shape index (κ2) is 47.5. The van der Waals surface area contributed by atoms with E-state index in [1.807, 2.05) is 0 Å². The fraction of sp³-hybridized carbons (Fsp3) is 0.947. The molecule has 1 fully saturated rings. The van der Waals surface area contributed by atoms with Gasteiger partial charge in [0.05, 0.1) is 6.61 Å². The zero-order valence-electron chi connectivity index (χ0n) is 44.5. The Labute approximate surface area is 417 Å². The van der Waals surface area contributed by atoms with E-state index in [4.69, 9.17) is 18.9 Å². The molecule has 1 aliphatic rings. The highest BCUT2D eigenvalue weighted by molar-refractivity contribution is 5.75. The molecule has 0 aromatic carbocycles. The van der Waals surface area contributed by atoms with Crippen LogP contribution in [0.1, 0.15) is 290 Å². The van der Waals surface area contributed by atoms with E-state index in [9.17, 15) is 29.7 Å². The summed E-state index contributed by atoms with van der Waals surface area (Å²) >= 11 is 0. The Morgan fingerprint density at radius 1 is 0.426 bits per heavy atom. The average Bonchev–Trinajstić information content (AvgIpc) is 3.33. The molecule has 0 spiro atoms. The molecule has 0 aromatic heterocycles. The quantitative estimate of drug-likeness (QED) is 0.0341. The summed E-state index contributed by atoms with van der Waals surface area (Å²) in [6.45, 7) is 6.20. The summed E-state index contributed by atoms with van der Waals surface area (Å²) in [6, 6.07) is 0. The van der Waals surface area contributed by atoms with Gasteiger partial charge in [0.1, 0.15) is 31.0 Å². The minimum absolute atomic E-state index is 0.0730. The number of unbranched alkanes of at least 4 members (excludes halogenated alkanes) is 36. The summed E-state index contributed by atoms with van der Waals surface area (Å²) in [5.74, 6) is -0.954. The zero-order valence-corrected chi connectivity index (χ0v) is 44.5. The van der Waals surface area contributed by atoms with Crippen LogP contribution in [0.25, 0.3) is 0 Å². The molecule has 1 rings (SSSR count). The van der Waals surface area contributed by atoms with E-state index in [1.165, 1.54) is 186 Å². The summed E-state index contributed by atoms with van der Waals surface area (Å²) in [7, 11) is 0. The maximum atomic E-state index is 13.0. The maximum Gasteiger partial charge on any atom is 0.306 e. The van der Waals surface area contributed by atoms with Crippen molar-refractivity contribution < 1.29 is 48.7 Å². The number of rotatable bonds is 50. The minimum atomic E-state index is -1.59. The lowest BCUT2D eigenvalue weighted by molar-refractivity contribution is -0.299. The number of carbonyl (C=O) groups is 3. The SMILES string of the molecule is CCCCCCCCCCCCCCCC(=O)NCC1OC(OCC(COC(=O)CCCCCCCCCCCCCCC)OC(=O)CCCCCCCCCCCCCCC)C(O)C(O)C1O. The highest BCUT2D eigenvalue weighted by atomic mass is 16.7. The molecule has 0 aromatic rings. The van der Waals surface area contributed by atoms with Crippen LogP contribution < -0.4 is 5.32 Å². The van der Waals surface area contributed by atoms with Crippen molar-refractivity contribution in [1.29, 1.82) is 0 Å². The summed E-state index contributed by atoms with van der Waals surface area (Å²) in [6.07, 6.45) is 40.2. The number of hydrogen-bond acceptors (Lipinski definition) is 10. The Morgan fingerprint density at radius 3 is 1.15 bits per heavy atom. The van der Waals surface area contributed by atoms with E-state index in [2.05, 4.69) is 26.1 Å². The number of amides is 1. The van der Waals surface area contributed by atoms with Crippen LogP contribution in [-0.2, 0) is 33.3 Å². The molecule has 0 radical (unpaired) electrons. The van der Waals surface area contributed by atoms with Crippen LogP contribution in [0.4, 0.5) is 0 Å². The molecule has 0 aliphatic carbocycles. The van der Waals surface area contributed by atoms with Gasteiger partial charge in [-0.25, -0.2) is 0 Å². The third-order valence-electron chi connectivity index (χ3n) is 13.8. The normalized spacial score (nSPS) is 18.7. The van der Waals surface area contributed by atoms with Crippen LogP contribution in [0.15, 0.2) is 0 Å². The highest BCUT2D eigenvalue weighted by Crippen LogP contribution is 2.23. The second-order valence-corrected chi connectivity index (χ2v) is 20.4. The first-order valence-electron chi connectivity index (χ1n) is 29.2. The minimum Gasteiger partial charge on any atom is -0.462 e. The van der Waals surface area contributed by atoms with Crippen molar-refractivity contribution in [3.63, 3.8) is 0 Å². The van der Waals surface area contributed by atoms with E-state index in [1.54, 1.807) is 0 Å². The predicted octanol–water partition coefficient (Wildman–Crippen LogP) is 13.8. The number of esters is 2. The molecule has 11 nitrogen and oxygen atoms in total. The van der Waals surface area contributed by atoms with E-state index < -0.39 is 42.8 Å². The number of carbonyl (C=O) groups excluding carboxylic acids is 3. The first kappa shape index (κ1) is 64.2. The molecule has 1 aliphatic heterocycles. The number of aliphatic hydroxyl groups is 3. The van der Waals surface area contributed by atoms with Crippen LogP contribution in [0.2, 0.25) is 0 Å². The first-order valence-corrected chi connectivity index (χ1v) is 29.2. The van der Waals surface area contributed by atoms with Gasteiger partial charge in [-0.15, -0.1) is 0 Å². The van der Waals surface area contributed by atoms with Crippen molar-refractivity contribution in [2.75, 3.05) is 19.8 Å². The van der Waals surface area contributed by atoms with Crippen molar-refractivity contribution in [3.8, 4) is 0 Å². The molecule has 11 heteroatoms. The van der Waals surface area contributed by atoms with Crippen molar-refractivity contribution in [2.24, 2.45) is 0 Å². The van der Waals surface area contributed by atoms with Gasteiger partial charge in [0.15, 0.2) is 12.4 Å². The van der Waals surface area contributed by atoms with Gasteiger partial charge in [0.25, 0.3) is 0 Å². The van der Waals surface area contributed by atoms with E-state index >= 15 is 0 Å². The molecule has 1 amide bonds. The Bertz CT molecular complexity index is 1140. The number of hydrogen-bond donors (Lipinski definition) is 4. The van der Waals surface area contributed by atoms with Crippen LogP contribution in [0.5, 0.6) is 0 Å². The smallest absolute Gasteiger partial charge is 0.306 e. The van der Waals surface area contributed by atoms with Crippen LogP contribution in [0, 0.1) is 0 Å². The molecule has 402 valence electrons. The topological polar surface area (TPSA) is 161 Å². The molecule has 6 atom stereocenters. The summed E-state index contributed by atoms with van der Waals surface area (Å²) in [5.41, 5.74) is 0.